The van der Waals surface area contributed by atoms with Gasteiger partial charge in [-0.05, 0) is 41.8 Å². The van der Waals surface area contributed by atoms with Crippen LogP contribution in [0.25, 0.3) is 0 Å². The average Bonchev–Trinajstić information content (AvgIpc) is 2.82. The van der Waals surface area contributed by atoms with Crippen LogP contribution in [0, 0.1) is 0 Å². The number of ether oxygens (including phenoxy) is 2. The molecule has 0 spiro atoms. The predicted octanol–water partition coefficient (Wildman–Crippen LogP) is 4.21. The van der Waals surface area contributed by atoms with Crippen molar-refractivity contribution in [3.63, 3.8) is 0 Å². The van der Waals surface area contributed by atoms with Crippen molar-refractivity contribution in [2.45, 2.75) is 19.4 Å². The number of rotatable bonds is 9. The van der Waals surface area contributed by atoms with Gasteiger partial charge in [-0.15, -0.1) is 0 Å². The maximum Gasteiger partial charge on any atom is 0.255 e. The SMILES string of the molecule is COc1ccc(NC(=O)c2ccc(CNC(=O)CCc3ccccc3)cc2)c(OC)c1. The summed E-state index contributed by atoms with van der Waals surface area (Å²) in [5, 5.41) is 5.76. The highest BCUT2D eigenvalue weighted by Gasteiger charge is 2.11. The van der Waals surface area contributed by atoms with Crippen molar-refractivity contribution in [2.24, 2.45) is 0 Å². The lowest BCUT2D eigenvalue weighted by Gasteiger charge is -2.12. The zero-order chi connectivity index (χ0) is 22.1. The van der Waals surface area contributed by atoms with E-state index in [0.29, 0.717) is 42.1 Å². The fourth-order valence-electron chi connectivity index (χ4n) is 3.06. The van der Waals surface area contributed by atoms with Gasteiger partial charge in [0.1, 0.15) is 11.5 Å². The number of aryl methyl sites for hydroxylation is 1. The lowest BCUT2D eigenvalue weighted by molar-refractivity contribution is -0.121. The van der Waals surface area contributed by atoms with Crippen LogP contribution in [0.15, 0.2) is 72.8 Å². The van der Waals surface area contributed by atoms with Crippen molar-refractivity contribution in [3.05, 3.63) is 89.5 Å². The Balaban J connectivity index is 1.51. The molecular formula is C25H26N2O4. The molecule has 3 aromatic carbocycles. The summed E-state index contributed by atoms with van der Waals surface area (Å²) in [5.41, 5.74) is 3.13. The molecule has 31 heavy (non-hydrogen) atoms. The van der Waals surface area contributed by atoms with Crippen LogP contribution >= 0.6 is 0 Å². The fourth-order valence-corrected chi connectivity index (χ4v) is 3.06. The Morgan fingerprint density at radius 1 is 0.839 bits per heavy atom. The first-order chi connectivity index (χ1) is 15.1. The van der Waals surface area contributed by atoms with Crippen molar-refractivity contribution in [1.82, 2.24) is 5.32 Å². The summed E-state index contributed by atoms with van der Waals surface area (Å²) < 4.78 is 10.5. The molecule has 0 aromatic heterocycles. The van der Waals surface area contributed by atoms with E-state index in [1.807, 2.05) is 42.5 Å². The van der Waals surface area contributed by atoms with Gasteiger partial charge in [0.2, 0.25) is 5.91 Å². The molecule has 0 aliphatic carbocycles. The van der Waals surface area contributed by atoms with Crippen LogP contribution in [0.3, 0.4) is 0 Å². The molecule has 0 atom stereocenters. The van der Waals surface area contributed by atoms with Crippen LogP contribution in [0.4, 0.5) is 5.69 Å². The molecule has 160 valence electrons. The smallest absolute Gasteiger partial charge is 0.255 e. The first kappa shape index (κ1) is 21.9. The number of benzene rings is 3. The van der Waals surface area contributed by atoms with E-state index >= 15 is 0 Å². The van der Waals surface area contributed by atoms with Gasteiger partial charge in [0.05, 0.1) is 19.9 Å². The first-order valence-electron chi connectivity index (χ1n) is 10.0. The molecule has 0 saturated heterocycles. The molecule has 2 amide bonds. The molecule has 2 N–H and O–H groups in total. The van der Waals surface area contributed by atoms with E-state index < -0.39 is 0 Å². The summed E-state index contributed by atoms with van der Waals surface area (Å²) in [5.74, 6) is 0.909. The maximum atomic E-state index is 12.6. The van der Waals surface area contributed by atoms with Gasteiger partial charge in [-0.25, -0.2) is 0 Å². The molecule has 3 aromatic rings. The summed E-state index contributed by atoms with van der Waals surface area (Å²) in [6.45, 7) is 0.418. The van der Waals surface area contributed by atoms with Crippen LogP contribution in [0.5, 0.6) is 11.5 Å². The van der Waals surface area contributed by atoms with Crippen molar-refractivity contribution >= 4 is 17.5 Å². The lowest BCUT2D eigenvalue weighted by atomic mass is 10.1. The Morgan fingerprint density at radius 3 is 2.26 bits per heavy atom. The molecule has 0 saturated carbocycles. The maximum absolute atomic E-state index is 12.6. The predicted molar refractivity (Wildman–Crippen MR) is 121 cm³/mol. The van der Waals surface area contributed by atoms with Crippen LogP contribution in [0.1, 0.15) is 27.9 Å². The van der Waals surface area contributed by atoms with E-state index in [4.69, 9.17) is 9.47 Å². The minimum atomic E-state index is -0.248. The minimum absolute atomic E-state index is 0.00252. The molecule has 0 bridgehead atoms. The molecular weight excluding hydrogens is 392 g/mol. The van der Waals surface area contributed by atoms with Gasteiger partial charge in [0.25, 0.3) is 5.91 Å². The summed E-state index contributed by atoms with van der Waals surface area (Å²) in [6, 6.07) is 22.2. The summed E-state index contributed by atoms with van der Waals surface area (Å²) in [7, 11) is 3.10. The molecule has 0 unspecified atom stereocenters. The number of hydrogen-bond acceptors (Lipinski definition) is 4. The Hall–Kier alpha value is -3.80. The monoisotopic (exact) mass is 418 g/mol. The average molecular weight is 418 g/mol. The fraction of sp³-hybridized carbons (Fsp3) is 0.200. The highest BCUT2D eigenvalue weighted by molar-refractivity contribution is 6.05. The van der Waals surface area contributed by atoms with Crippen LogP contribution in [-0.2, 0) is 17.8 Å². The van der Waals surface area contributed by atoms with Gasteiger partial charge in [-0.1, -0.05) is 42.5 Å². The van der Waals surface area contributed by atoms with Gasteiger partial charge in [-0.2, -0.15) is 0 Å². The second-order valence-electron chi connectivity index (χ2n) is 6.98. The van der Waals surface area contributed by atoms with Gasteiger partial charge in [0, 0.05) is 24.6 Å². The van der Waals surface area contributed by atoms with E-state index in [1.165, 1.54) is 7.11 Å². The summed E-state index contributed by atoms with van der Waals surface area (Å²) in [4.78, 5) is 24.6. The second kappa shape index (κ2) is 10.8. The van der Waals surface area contributed by atoms with Crippen molar-refractivity contribution in [3.8, 4) is 11.5 Å². The zero-order valence-corrected chi connectivity index (χ0v) is 17.7. The number of nitrogens with one attached hydrogen (secondary N) is 2. The van der Waals surface area contributed by atoms with Gasteiger partial charge in [0.15, 0.2) is 0 Å². The molecule has 6 nitrogen and oxygen atoms in total. The largest absolute Gasteiger partial charge is 0.497 e. The van der Waals surface area contributed by atoms with Crippen molar-refractivity contribution in [2.75, 3.05) is 19.5 Å². The highest BCUT2D eigenvalue weighted by Crippen LogP contribution is 2.29. The lowest BCUT2D eigenvalue weighted by Crippen LogP contribution is -2.23. The highest BCUT2D eigenvalue weighted by atomic mass is 16.5. The van der Waals surface area contributed by atoms with Gasteiger partial charge >= 0.3 is 0 Å². The molecule has 0 fully saturated rings. The third-order valence-electron chi connectivity index (χ3n) is 4.85. The normalized spacial score (nSPS) is 10.3. The van der Waals surface area contributed by atoms with Gasteiger partial charge in [-0.3, -0.25) is 9.59 Å². The third kappa shape index (κ3) is 6.34. The molecule has 0 aliphatic heterocycles. The number of amides is 2. The van der Waals surface area contributed by atoms with Crippen molar-refractivity contribution in [1.29, 1.82) is 0 Å². The third-order valence-corrected chi connectivity index (χ3v) is 4.85. The Kier molecular flexibility index (Phi) is 7.65. The molecule has 0 heterocycles. The van der Waals surface area contributed by atoms with E-state index in [1.54, 1.807) is 37.4 Å². The van der Waals surface area contributed by atoms with E-state index in [-0.39, 0.29) is 11.8 Å². The number of methoxy groups -OCH3 is 2. The van der Waals surface area contributed by atoms with Gasteiger partial charge < -0.3 is 20.1 Å². The standard InChI is InChI=1S/C25H26N2O4/c1-30-21-13-14-22(23(16-21)31-2)27-25(29)20-11-8-19(9-12-20)17-26-24(28)15-10-18-6-4-3-5-7-18/h3-9,11-14,16H,10,15,17H2,1-2H3,(H,26,28)(H,27,29). The molecule has 0 aliphatic rings. The van der Waals surface area contributed by atoms with E-state index in [0.717, 1.165) is 11.1 Å². The number of anilines is 1. The van der Waals surface area contributed by atoms with Crippen LogP contribution in [0.2, 0.25) is 0 Å². The number of carbonyl (C=O) groups is 2. The Labute approximate surface area is 182 Å². The quantitative estimate of drug-likeness (QED) is 0.546. The van der Waals surface area contributed by atoms with Crippen LogP contribution in [-0.4, -0.2) is 26.0 Å². The Bertz CT molecular complexity index is 1020. The zero-order valence-electron chi connectivity index (χ0n) is 17.7. The first-order valence-corrected chi connectivity index (χ1v) is 10.0. The minimum Gasteiger partial charge on any atom is -0.497 e. The number of hydrogen-bond donors (Lipinski definition) is 2. The van der Waals surface area contributed by atoms with E-state index in [2.05, 4.69) is 10.6 Å². The molecule has 3 rings (SSSR count). The topological polar surface area (TPSA) is 76.7 Å². The van der Waals surface area contributed by atoms with Crippen LogP contribution < -0.4 is 20.1 Å². The van der Waals surface area contributed by atoms with E-state index in [9.17, 15) is 9.59 Å². The summed E-state index contributed by atoms with van der Waals surface area (Å²) >= 11 is 0. The summed E-state index contributed by atoms with van der Waals surface area (Å²) in [6.07, 6.45) is 1.15. The molecule has 0 radical (unpaired) electrons. The number of carbonyl (C=O) groups excluding carboxylic acids is 2. The Morgan fingerprint density at radius 2 is 1.58 bits per heavy atom. The van der Waals surface area contributed by atoms with Crippen molar-refractivity contribution < 1.29 is 19.1 Å². The molecule has 6 heteroatoms. The second-order valence-corrected chi connectivity index (χ2v) is 6.98.